The topological polar surface area (TPSA) is 39.9 Å². The van der Waals surface area contributed by atoms with Gasteiger partial charge in [0.1, 0.15) is 11.6 Å². The maximum Gasteiger partial charge on any atom is 0.191 e. The molecule has 3 aromatic rings. The summed E-state index contributed by atoms with van der Waals surface area (Å²) in [6, 6.07) is 12.3. The molecule has 1 atom stereocenters. The van der Waals surface area contributed by atoms with Gasteiger partial charge in [0.05, 0.1) is 5.02 Å². The number of allylic oxidation sites excluding steroid dienone is 1. The van der Waals surface area contributed by atoms with Crippen molar-refractivity contribution < 1.29 is 9.13 Å². The van der Waals surface area contributed by atoms with Crippen LogP contribution in [0.5, 0.6) is 5.75 Å². The van der Waals surface area contributed by atoms with Crippen LogP contribution in [-0.2, 0) is 12.3 Å². The summed E-state index contributed by atoms with van der Waals surface area (Å²) in [4.78, 5) is 0. The average Bonchev–Trinajstić information content (AvgIpc) is 3.07. The molecule has 1 heterocycles. The number of halogens is 2. The fourth-order valence-electron chi connectivity index (χ4n) is 2.71. The molecule has 0 aliphatic rings. The highest BCUT2D eigenvalue weighted by atomic mass is 35.5. The first-order valence-corrected chi connectivity index (χ1v) is 10.2. The second-order valence-corrected chi connectivity index (χ2v) is 7.66. The van der Waals surface area contributed by atoms with Crippen molar-refractivity contribution in [2.24, 2.45) is 0 Å². The summed E-state index contributed by atoms with van der Waals surface area (Å²) in [5.74, 6) is 1.49. The van der Waals surface area contributed by atoms with Crippen molar-refractivity contribution in [2.45, 2.75) is 37.4 Å². The van der Waals surface area contributed by atoms with Gasteiger partial charge in [0.15, 0.2) is 17.1 Å². The third kappa shape index (κ3) is 4.75. The monoisotopic (exact) mass is 417 g/mol. The molecular formula is C21H21ClFN3OS. The van der Waals surface area contributed by atoms with E-state index in [0.29, 0.717) is 39.6 Å². The molecule has 3 rings (SSSR count). The summed E-state index contributed by atoms with van der Waals surface area (Å²) >= 11 is 7.67. The average molecular weight is 418 g/mol. The molecular weight excluding hydrogens is 397 g/mol. The Kier molecular flexibility index (Phi) is 6.75. The van der Waals surface area contributed by atoms with Gasteiger partial charge < -0.3 is 4.74 Å². The van der Waals surface area contributed by atoms with Gasteiger partial charge in [-0.2, -0.15) is 0 Å². The molecule has 0 radical (unpaired) electrons. The molecule has 28 heavy (non-hydrogen) atoms. The lowest BCUT2D eigenvalue weighted by Gasteiger charge is -2.17. The number of aromatic nitrogens is 3. The van der Waals surface area contributed by atoms with Gasteiger partial charge in [-0.3, -0.25) is 4.57 Å². The highest BCUT2D eigenvalue weighted by Gasteiger charge is 2.20. The highest BCUT2D eigenvalue weighted by molar-refractivity contribution is 7.98. The molecule has 0 N–H and O–H groups in total. The Morgan fingerprint density at radius 1 is 1.29 bits per heavy atom. The predicted octanol–water partition coefficient (Wildman–Crippen LogP) is 6.00. The zero-order valence-electron chi connectivity index (χ0n) is 15.7. The van der Waals surface area contributed by atoms with Crippen LogP contribution in [0.1, 0.15) is 30.0 Å². The van der Waals surface area contributed by atoms with Gasteiger partial charge in [0, 0.05) is 12.3 Å². The number of hydrogen-bond acceptors (Lipinski definition) is 4. The lowest BCUT2D eigenvalue weighted by molar-refractivity contribution is 0.210. The summed E-state index contributed by atoms with van der Waals surface area (Å²) in [5.41, 5.74) is 1.68. The third-order valence-corrected chi connectivity index (χ3v) is 5.45. The standard InChI is InChI=1S/C21H21ClFN3OS/c1-4-11-26-20(15(3)27-19-12-14(2)9-10-17(19)22)24-25-21(26)28-13-16-7-5-6-8-18(16)23/h4-10,12,15H,1,11,13H2,2-3H3. The van der Waals surface area contributed by atoms with Crippen LogP contribution >= 0.6 is 23.4 Å². The third-order valence-electron chi connectivity index (χ3n) is 4.13. The Labute approximate surface area is 173 Å². The minimum atomic E-state index is -0.366. The fourth-order valence-corrected chi connectivity index (χ4v) is 3.81. The predicted molar refractivity (Wildman–Crippen MR) is 111 cm³/mol. The van der Waals surface area contributed by atoms with Crippen molar-refractivity contribution >= 4 is 23.4 Å². The van der Waals surface area contributed by atoms with Crippen LogP contribution in [0, 0.1) is 12.7 Å². The summed E-state index contributed by atoms with van der Waals surface area (Å²) in [5, 5.41) is 9.80. The van der Waals surface area contributed by atoms with Crippen molar-refractivity contribution in [3.8, 4) is 5.75 Å². The summed E-state index contributed by atoms with van der Waals surface area (Å²) < 4.78 is 21.8. The molecule has 4 nitrogen and oxygen atoms in total. The molecule has 1 aromatic heterocycles. The van der Waals surface area contributed by atoms with Crippen molar-refractivity contribution in [3.63, 3.8) is 0 Å². The lowest BCUT2D eigenvalue weighted by Crippen LogP contribution is -2.12. The SMILES string of the molecule is C=CCn1c(SCc2ccccc2F)nnc1C(C)Oc1cc(C)ccc1Cl. The van der Waals surface area contributed by atoms with Gasteiger partial charge in [-0.25, -0.2) is 4.39 Å². The zero-order chi connectivity index (χ0) is 20.1. The number of hydrogen-bond donors (Lipinski definition) is 0. The van der Waals surface area contributed by atoms with Crippen LogP contribution in [0.3, 0.4) is 0 Å². The van der Waals surface area contributed by atoms with E-state index in [0.717, 1.165) is 5.56 Å². The van der Waals surface area contributed by atoms with Gasteiger partial charge in [-0.15, -0.1) is 16.8 Å². The summed E-state index contributed by atoms with van der Waals surface area (Å²) in [6.07, 6.45) is 1.40. The first kappa shape index (κ1) is 20.4. The molecule has 0 spiro atoms. The maximum absolute atomic E-state index is 13.9. The zero-order valence-corrected chi connectivity index (χ0v) is 17.3. The molecule has 2 aromatic carbocycles. The Hall–Kier alpha value is -2.31. The number of rotatable bonds is 8. The quantitative estimate of drug-likeness (QED) is 0.333. The van der Waals surface area contributed by atoms with E-state index in [9.17, 15) is 4.39 Å². The molecule has 0 amide bonds. The Morgan fingerprint density at radius 3 is 2.82 bits per heavy atom. The number of benzene rings is 2. The normalized spacial score (nSPS) is 12.0. The smallest absolute Gasteiger partial charge is 0.191 e. The number of nitrogens with zero attached hydrogens (tertiary/aromatic N) is 3. The van der Waals surface area contributed by atoms with Crippen LogP contribution in [-0.4, -0.2) is 14.8 Å². The maximum atomic E-state index is 13.9. The van der Waals surface area contributed by atoms with Crippen LogP contribution in [0.15, 0.2) is 60.3 Å². The lowest BCUT2D eigenvalue weighted by atomic mass is 10.2. The van der Waals surface area contributed by atoms with Crippen LogP contribution < -0.4 is 4.74 Å². The van der Waals surface area contributed by atoms with E-state index in [1.165, 1.54) is 17.8 Å². The molecule has 0 aliphatic heterocycles. The van der Waals surface area contributed by atoms with Crippen LogP contribution in [0.2, 0.25) is 5.02 Å². The van der Waals surface area contributed by atoms with Crippen molar-refractivity contribution in [2.75, 3.05) is 0 Å². The molecule has 0 saturated heterocycles. The van der Waals surface area contributed by atoms with E-state index >= 15 is 0 Å². The van der Waals surface area contributed by atoms with Crippen molar-refractivity contribution in [1.82, 2.24) is 14.8 Å². The van der Waals surface area contributed by atoms with Gasteiger partial charge in [-0.1, -0.05) is 53.7 Å². The van der Waals surface area contributed by atoms with E-state index < -0.39 is 0 Å². The number of thioether (sulfide) groups is 1. The molecule has 0 bridgehead atoms. The number of aryl methyl sites for hydroxylation is 1. The van der Waals surface area contributed by atoms with Gasteiger partial charge >= 0.3 is 0 Å². The second-order valence-electron chi connectivity index (χ2n) is 6.31. The second kappa shape index (κ2) is 9.26. The van der Waals surface area contributed by atoms with Crippen molar-refractivity contribution in [1.29, 1.82) is 0 Å². The Bertz CT molecular complexity index is 976. The highest BCUT2D eigenvalue weighted by Crippen LogP contribution is 2.31. The van der Waals surface area contributed by atoms with Crippen molar-refractivity contribution in [3.05, 3.63) is 82.9 Å². The van der Waals surface area contributed by atoms with E-state index in [1.54, 1.807) is 18.2 Å². The summed E-state index contributed by atoms with van der Waals surface area (Å²) in [7, 11) is 0. The molecule has 1 unspecified atom stereocenters. The molecule has 0 fully saturated rings. The van der Waals surface area contributed by atoms with E-state index in [4.69, 9.17) is 16.3 Å². The number of ether oxygens (including phenoxy) is 1. The molecule has 146 valence electrons. The minimum absolute atomic E-state index is 0.226. The molecule has 0 aliphatic carbocycles. The van der Waals surface area contributed by atoms with E-state index in [-0.39, 0.29) is 11.9 Å². The van der Waals surface area contributed by atoms with Gasteiger partial charge in [0.25, 0.3) is 0 Å². The minimum Gasteiger partial charge on any atom is -0.481 e. The van der Waals surface area contributed by atoms with Crippen LogP contribution in [0.25, 0.3) is 0 Å². The van der Waals surface area contributed by atoms with Gasteiger partial charge in [-0.05, 0) is 43.2 Å². The largest absolute Gasteiger partial charge is 0.481 e. The first-order valence-electron chi connectivity index (χ1n) is 8.82. The van der Waals surface area contributed by atoms with Gasteiger partial charge in [0.2, 0.25) is 0 Å². The summed E-state index contributed by atoms with van der Waals surface area (Å²) in [6.45, 7) is 8.21. The first-order chi connectivity index (χ1) is 13.5. The fraction of sp³-hybridized carbons (Fsp3) is 0.238. The molecule has 0 saturated carbocycles. The molecule has 7 heteroatoms. The van der Waals surface area contributed by atoms with Crippen LogP contribution in [0.4, 0.5) is 4.39 Å². The van der Waals surface area contributed by atoms with E-state index in [1.807, 2.05) is 42.7 Å². The Balaban J connectivity index is 1.80. The van der Waals surface area contributed by atoms with E-state index in [2.05, 4.69) is 16.8 Å². The Morgan fingerprint density at radius 2 is 2.07 bits per heavy atom.